The second-order valence-electron chi connectivity index (χ2n) is 4.79. The molecule has 0 aliphatic carbocycles. The predicted molar refractivity (Wildman–Crippen MR) is 61.6 cm³/mol. The second kappa shape index (κ2) is 4.09. The highest BCUT2D eigenvalue weighted by Crippen LogP contribution is 2.36. The van der Waals surface area contributed by atoms with Gasteiger partial charge in [-0.05, 0) is 31.1 Å². The fourth-order valence-corrected chi connectivity index (χ4v) is 1.01. The molecule has 0 rings (SSSR count). The van der Waals surface area contributed by atoms with Crippen molar-refractivity contribution in [1.29, 1.82) is 0 Å². The Morgan fingerprint density at radius 2 is 1.85 bits per heavy atom. The van der Waals surface area contributed by atoms with Crippen molar-refractivity contribution in [3.63, 3.8) is 0 Å². The summed E-state index contributed by atoms with van der Waals surface area (Å²) in [6.07, 6.45) is 1.70. The van der Waals surface area contributed by atoms with Crippen LogP contribution in [-0.4, -0.2) is 14.0 Å². The third kappa shape index (κ3) is 3.76. The lowest BCUT2D eigenvalue weighted by molar-refractivity contribution is 0.308. The van der Waals surface area contributed by atoms with Crippen LogP contribution in [0.15, 0.2) is 17.8 Å². The first kappa shape index (κ1) is 12.4. The molecule has 0 aromatic carbocycles. The first-order chi connectivity index (χ1) is 5.70. The fraction of sp³-hybridized carbons (Fsp3) is 0.700. The third-order valence-electron chi connectivity index (χ3n) is 2.52. The summed E-state index contributed by atoms with van der Waals surface area (Å²) in [6, 6.07) is 0. The Morgan fingerprint density at radius 3 is 2.15 bits per heavy atom. The van der Waals surface area contributed by atoms with E-state index in [1.807, 2.05) is 6.92 Å². The van der Waals surface area contributed by atoms with Crippen LogP contribution in [0.4, 0.5) is 0 Å². The van der Waals surface area contributed by atoms with Gasteiger partial charge < -0.3 is 4.53 Å². The first-order valence-corrected chi connectivity index (χ1v) is 7.47. The van der Waals surface area contributed by atoms with Gasteiger partial charge in [-0.1, -0.05) is 27.4 Å². The molecular weight excluding hydrogens is 178 g/mol. The quantitative estimate of drug-likeness (QED) is 0.387. The minimum absolute atomic E-state index is 0.206. The third-order valence-corrected chi connectivity index (χ3v) is 6.68. The molecule has 0 fully saturated rings. The van der Waals surface area contributed by atoms with E-state index in [1.165, 1.54) is 0 Å². The van der Waals surface area contributed by atoms with Crippen LogP contribution in [0.5, 0.6) is 0 Å². The maximum atomic E-state index is 5.60. The number of hydrogen-bond acceptors (Lipinski definition) is 2. The summed E-state index contributed by atoms with van der Waals surface area (Å²) in [7, 11) is -1.72. The van der Waals surface area contributed by atoms with Gasteiger partial charge in [-0.2, -0.15) is 0 Å². The molecule has 0 bridgehead atoms. The van der Waals surface area contributed by atoms with Crippen molar-refractivity contribution in [1.82, 2.24) is 0 Å². The van der Waals surface area contributed by atoms with Crippen LogP contribution in [0.1, 0.15) is 27.7 Å². The van der Waals surface area contributed by atoms with E-state index in [0.29, 0.717) is 0 Å². The lowest BCUT2D eigenvalue weighted by atomic mass is 10.2. The molecule has 0 heterocycles. The van der Waals surface area contributed by atoms with Crippen LogP contribution >= 0.6 is 0 Å². The largest absolute Gasteiger partial charge is 0.455 e. The number of rotatable bonds is 3. The monoisotopic (exact) mass is 199 g/mol. The summed E-state index contributed by atoms with van der Waals surface area (Å²) in [5, 5.41) is 4.25. The molecule has 0 aliphatic heterocycles. The van der Waals surface area contributed by atoms with Crippen molar-refractivity contribution in [3.8, 4) is 0 Å². The van der Waals surface area contributed by atoms with Gasteiger partial charge in [0.25, 0.3) is 8.32 Å². The Balaban J connectivity index is 4.44. The van der Waals surface area contributed by atoms with Crippen LogP contribution in [0.25, 0.3) is 0 Å². The maximum Gasteiger partial charge on any atom is 0.286 e. The second-order valence-corrected chi connectivity index (χ2v) is 9.49. The van der Waals surface area contributed by atoms with Gasteiger partial charge in [-0.15, -0.1) is 5.16 Å². The van der Waals surface area contributed by atoms with Crippen LogP contribution in [0.2, 0.25) is 18.1 Å². The molecule has 0 aromatic rings. The van der Waals surface area contributed by atoms with E-state index in [1.54, 1.807) is 6.08 Å². The maximum absolute atomic E-state index is 5.60. The van der Waals surface area contributed by atoms with E-state index in [2.05, 4.69) is 45.6 Å². The highest BCUT2D eigenvalue weighted by Gasteiger charge is 2.39. The van der Waals surface area contributed by atoms with Gasteiger partial charge in [0, 0.05) is 0 Å². The zero-order chi connectivity index (χ0) is 10.7. The molecule has 76 valence electrons. The van der Waals surface area contributed by atoms with Crippen LogP contribution in [-0.2, 0) is 4.53 Å². The molecular formula is C10H21NOSi. The molecule has 0 atom stereocenters. The number of nitrogens with zero attached hydrogens (tertiary/aromatic N) is 1. The van der Waals surface area contributed by atoms with E-state index < -0.39 is 8.32 Å². The minimum Gasteiger partial charge on any atom is -0.455 e. The molecule has 0 aromatic heterocycles. The molecule has 0 N–H and O–H groups in total. The lowest BCUT2D eigenvalue weighted by Crippen LogP contribution is -2.39. The van der Waals surface area contributed by atoms with E-state index in [-0.39, 0.29) is 5.04 Å². The van der Waals surface area contributed by atoms with Crippen LogP contribution < -0.4 is 0 Å². The summed E-state index contributed by atoms with van der Waals surface area (Å²) in [5.74, 6) is 0. The number of hydrogen-bond donors (Lipinski definition) is 0. The summed E-state index contributed by atoms with van der Waals surface area (Å²) in [4.78, 5) is 0. The van der Waals surface area contributed by atoms with Gasteiger partial charge in [0.2, 0.25) is 0 Å². The molecule has 0 saturated carbocycles. The Morgan fingerprint density at radius 1 is 1.38 bits per heavy atom. The molecule has 0 aliphatic rings. The highest BCUT2D eigenvalue weighted by atomic mass is 28.4. The molecule has 2 nitrogen and oxygen atoms in total. The lowest BCUT2D eigenvalue weighted by Gasteiger charge is -2.33. The van der Waals surface area contributed by atoms with E-state index >= 15 is 0 Å². The summed E-state index contributed by atoms with van der Waals surface area (Å²) in [6.45, 7) is 16.4. The molecule has 0 radical (unpaired) electrons. The topological polar surface area (TPSA) is 21.6 Å². The van der Waals surface area contributed by atoms with Crippen molar-refractivity contribution in [2.24, 2.45) is 5.16 Å². The van der Waals surface area contributed by atoms with Gasteiger partial charge in [0.15, 0.2) is 0 Å². The Bertz CT molecular complexity index is 213. The zero-order valence-electron chi connectivity index (χ0n) is 9.64. The fourth-order valence-electron chi connectivity index (χ4n) is 0.360. The van der Waals surface area contributed by atoms with E-state index in [9.17, 15) is 0 Å². The molecule has 3 heteroatoms. The average Bonchev–Trinajstić information content (AvgIpc) is 1.98. The van der Waals surface area contributed by atoms with Gasteiger partial charge >= 0.3 is 0 Å². The summed E-state index contributed by atoms with van der Waals surface area (Å²) >= 11 is 0. The van der Waals surface area contributed by atoms with Gasteiger partial charge in [-0.25, -0.2) is 0 Å². The van der Waals surface area contributed by atoms with Crippen molar-refractivity contribution in [3.05, 3.63) is 12.7 Å². The van der Waals surface area contributed by atoms with Crippen molar-refractivity contribution in [2.75, 3.05) is 0 Å². The molecule has 0 unspecified atom stereocenters. The van der Waals surface area contributed by atoms with Crippen LogP contribution in [0.3, 0.4) is 0 Å². The number of oxime groups is 1. The smallest absolute Gasteiger partial charge is 0.286 e. The van der Waals surface area contributed by atoms with Crippen molar-refractivity contribution < 1.29 is 4.53 Å². The van der Waals surface area contributed by atoms with Gasteiger partial charge in [0.1, 0.15) is 0 Å². The van der Waals surface area contributed by atoms with Gasteiger partial charge in [0.05, 0.1) is 5.71 Å². The Hall–Kier alpha value is -0.573. The van der Waals surface area contributed by atoms with E-state index in [0.717, 1.165) is 5.71 Å². The predicted octanol–water partition coefficient (Wildman–Crippen LogP) is 3.57. The van der Waals surface area contributed by atoms with Crippen LogP contribution in [0, 0.1) is 0 Å². The van der Waals surface area contributed by atoms with Crippen molar-refractivity contribution >= 4 is 14.0 Å². The normalized spacial score (nSPS) is 14.2. The molecule has 0 spiro atoms. The number of allylic oxidation sites excluding steroid dienone is 1. The zero-order valence-corrected chi connectivity index (χ0v) is 10.6. The Kier molecular flexibility index (Phi) is 3.91. The molecule has 0 saturated heterocycles. The SMILES string of the molecule is C=C/C(C)=N/O[Si](C)(C)C(C)(C)C. The minimum atomic E-state index is -1.72. The first-order valence-electron chi connectivity index (χ1n) is 4.56. The Labute approximate surface area is 82.8 Å². The van der Waals surface area contributed by atoms with Crippen molar-refractivity contribution in [2.45, 2.75) is 45.8 Å². The standard InChI is InChI=1S/C10H21NOSi/c1-8-9(2)11-12-13(6,7)10(3,4)5/h8H,1H2,2-7H3/b11-9+. The summed E-state index contributed by atoms with van der Waals surface area (Å²) < 4.78 is 5.60. The molecule has 13 heavy (non-hydrogen) atoms. The summed E-state index contributed by atoms with van der Waals surface area (Å²) in [5.41, 5.74) is 0.838. The molecule has 0 amide bonds. The van der Waals surface area contributed by atoms with E-state index in [4.69, 9.17) is 4.53 Å². The average molecular weight is 199 g/mol. The highest BCUT2D eigenvalue weighted by molar-refractivity contribution is 6.74. The van der Waals surface area contributed by atoms with Gasteiger partial charge in [-0.3, -0.25) is 0 Å².